The van der Waals surface area contributed by atoms with Crippen molar-refractivity contribution < 1.29 is 13.2 Å². The summed E-state index contributed by atoms with van der Waals surface area (Å²) < 4.78 is 28.6. The summed E-state index contributed by atoms with van der Waals surface area (Å²) in [5, 5.41) is 4.29. The highest BCUT2D eigenvalue weighted by Gasteiger charge is 2.42. The van der Waals surface area contributed by atoms with Crippen molar-refractivity contribution in [3.63, 3.8) is 0 Å². The maximum absolute atomic E-state index is 11.6. The molecule has 0 aliphatic carbocycles. The van der Waals surface area contributed by atoms with E-state index in [1.807, 2.05) is 6.92 Å². The summed E-state index contributed by atoms with van der Waals surface area (Å²) in [6, 6.07) is 0. The molecule has 0 saturated carbocycles. The Morgan fingerprint density at radius 3 is 2.68 bits per heavy atom. The minimum atomic E-state index is -2.88. The molecule has 0 aromatic rings. The predicted molar refractivity (Wildman–Crippen MR) is 77.5 cm³/mol. The Kier molecular flexibility index (Phi) is 3.34. The van der Waals surface area contributed by atoms with Gasteiger partial charge in [0.2, 0.25) is 0 Å². The summed E-state index contributed by atoms with van der Waals surface area (Å²) in [6.45, 7) is 3.54. The summed E-state index contributed by atoms with van der Waals surface area (Å²) in [5.74, 6) is 1.49. The summed E-state index contributed by atoms with van der Waals surface area (Å²) in [6.07, 6.45) is 2.62. The molecule has 3 rings (SSSR count). The zero-order valence-electron chi connectivity index (χ0n) is 11.1. The molecule has 3 aliphatic heterocycles. The highest BCUT2D eigenvalue weighted by atomic mass is 32.2. The summed E-state index contributed by atoms with van der Waals surface area (Å²) in [5.41, 5.74) is -0.319. The maximum atomic E-state index is 11.6. The largest absolute Gasteiger partial charge is 0.381 e. The minimum Gasteiger partial charge on any atom is -0.381 e. The lowest BCUT2D eigenvalue weighted by Gasteiger charge is -2.29. The van der Waals surface area contributed by atoms with Gasteiger partial charge >= 0.3 is 0 Å². The third-order valence-electron chi connectivity index (χ3n) is 4.15. The molecule has 1 atom stereocenters. The van der Waals surface area contributed by atoms with E-state index in [9.17, 15) is 8.42 Å². The topological polar surface area (TPSA) is 67.8 Å². The van der Waals surface area contributed by atoms with Gasteiger partial charge in [-0.2, -0.15) is 0 Å². The van der Waals surface area contributed by atoms with Gasteiger partial charge in [-0.15, -0.1) is 0 Å². The molecule has 2 fully saturated rings. The third-order valence-corrected chi connectivity index (χ3v) is 7.20. The third kappa shape index (κ3) is 2.92. The second-order valence-corrected chi connectivity index (χ2v) is 9.22. The number of nitrogens with zero attached hydrogens (tertiary/aromatic N) is 1. The molecule has 7 heteroatoms. The van der Waals surface area contributed by atoms with Crippen LogP contribution in [0.3, 0.4) is 0 Å². The smallest absolute Gasteiger partial charge is 0.157 e. The van der Waals surface area contributed by atoms with E-state index in [-0.39, 0.29) is 22.6 Å². The van der Waals surface area contributed by atoms with Crippen molar-refractivity contribution in [2.24, 2.45) is 4.99 Å². The van der Waals surface area contributed by atoms with Gasteiger partial charge in [0, 0.05) is 19.0 Å². The number of rotatable bonds is 1. The van der Waals surface area contributed by atoms with Crippen LogP contribution in [0.2, 0.25) is 0 Å². The van der Waals surface area contributed by atoms with E-state index in [4.69, 9.17) is 9.73 Å². The minimum absolute atomic E-state index is 0.0269. The van der Waals surface area contributed by atoms with Crippen molar-refractivity contribution in [3.8, 4) is 0 Å². The Morgan fingerprint density at radius 2 is 2.05 bits per heavy atom. The van der Waals surface area contributed by atoms with Crippen LogP contribution in [0.4, 0.5) is 0 Å². The number of nitrogens with one attached hydrogen (secondary N) is 1. The van der Waals surface area contributed by atoms with Crippen LogP contribution < -0.4 is 5.32 Å². The van der Waals surface area contributed by atoms with Crippen LogP contribution in [-0.2, 0) is 14.6 Å². The molecular formula is C12H20N2O3S2. The fourth-order valence-corrected chi connectivity index (χ4v) is 6.35. The predicted octanol–water partition coefficient (Wildman–Crippen LogP) is 0.805. The van der Waals surface area contributed by atoms with Gasteiger partial charge in [-0.1, -0.05) is 11.8 Å². The average Bonchev–Trinajstić information content (AvgIpc) is 2.82. The van der Waals surface area contributed by atoms with Gasteiger partial charge < -0.3 is 10.1 Å². The summed E-state index contributed by atoms with van der Waals surface area (Å²) in [7, 11) is -2.88. The molecule has 1 unspecified atom stereocenters. The molecule has 19 heavy (non-hydrogen) atoms. The van der Waals surface area contributed by atoms with E-state index in [1.54, 1.807) is 11.8 Å². The van der Waals surface area contributed by atoms with E-state index in [2.05, 4.69) is 5.32 Å². The van der Waals surface area contributed by atoms with Gasteiger partial charge in [0.05, 0.1) is 22.6 Å². The number of aliphatic imine (C=N–C) groups is 1. The first-order chi connectivity index (χ1) is 8.91. The molecule has 0 bridgehead atoms. The highest BCUT2D eigenvalue weighted by molar-refractivity contribution is 8.14. The molecule has 108 valence electrons. The molecule has 5 nitrogen and oxygen atoms in total. The molecule has 2 saturated heterocycles. The Hall–Kier alpha value is -0.270. The molecular weight excluding hydrogens is 284 g/mol. The van der Waals surface area contributed by atoms with Crippen molar-refractivity contribution >= 4 is 26.8 Å². The summed E-state index contributed by atoms with van der Waals surface area (Å²) >= 11 is 1.72. The Balaban J connectivity index is 1.69. The van der Waals surface area contributed by atoms with E-state index in [0.717, 1.165) is 37.0 Å². The zero-order chi connectivity index (χ0) is 13.6. The van der Waals surface area contributed by atoms with Crippen LogP contribution >= 0.6 is 11.8 Å². The second kappa shape index (κ2) is 4.63. The van der Waals surface area contributed by atoms with E-state index in [1.165, 1.54) is 0 Å². The molecule has 3 aliphatic rings. The molecule has 3 heterocycles. The zero-order valence-corrected chi connectivity index (χ0v) is 12.8. The standard InChI is InChI=1S/C12H20N2O3S2/c1-11(4-7-19(15,16)9-11)13-10-14-12(8-18-10)2-5-17-6-3-12/h2-9H2,1H3,(H,13,14). The monoisotopic (exact) mass is 304 g/mol. The normalized spacial score (nSPS) is 36.4. The molecule has 0 aromatic heterocycles. The fraction of sp³-hybridized carbons (Fsp3) is 0.917. The van der Waals surface area contributed by atoms with Gasteiger partial charge in [0.1, 0.15) is 0 Å². The Morgan fingerprint density at radius 1 is 1.32 bits per heavy atom. The van der Waals surface area contributed by atoms with Gasteiger partial charge in [-0.3, -0.25) is 4.99 Å². The van der Waals surface area contributed by atoms with Crippen LogP contribution in [0, 0.1) is 0 Å². The van der Waals surface area contributed by atoms with E-state index in [0.29, 0.717) is 6.42 Å². The average molecular weight is 304 g/mol. The second-order valence-electron chi connectivity index (χ2n) is 6.07. The van der Waals surface area contributed by atoms with Gasteiger partial charge in [-0.25, -0.2) is 8.42 Å². The molecule has 1 N–H and O–H groups in total. The first-order valence-electron chi connectivity index (χ1n) is 6.70. The van der Waals surface area contributed by atoms with Crippen molar-refractivity contribution in [3.05, 3.63) is 0 Å². The first-order valence-corrected chi connectivity index (χ1v) is 9.50. The molecule has 0 radical (unpaired) electrons. The lowest BCUT2D eigenvalue weighted by atomic mass is 9.93. The summed E-state index contributed by atoms with van der Waals surface area (Å²) in [4.78, 5) is 4.83. The van der Waals surface area contributed by atoms with E-state index < -0.39 is 9.84 Å². The molecule has 0 amide bonds. The van der Waals surface area contributed by atoms with Crippen LogP contribution in [0.15, 0.2) is 4.99 Å². The maximum Gasteiger partial charge on any atom is 0.157 e. The number of hydrogen-bond acceptors (Lipinski definition) is 6. The fourth-order valence-electron chi connectivity index (χ4n) is 2.92. The number of ether oxygens (including phenoxy) is 1. The van der Waals surface area contributed by atoms with Gasteiger partial charge in [0.15, 0.2) is 15.0 Å². The quantitative estimate of drug-likeness (QED) is 0.776. The number of amidine groups is 1. The molecule has 0 aromatic carbocycles. The number of sulfone groups is 1. The van der Waals surface area contributed by atoms with Gasteiger partial charge in [0.25, 0.3) is 0 Å². The van der Waals surface area contributed by atoms with Crippen LogP contribution in [0.25, 0.3) is 0 Å². The number of hydrogen-bond donors (Lipinski definition) is 1. The lowest BCUT2D eigenvalue weighted by Crippen LogP contribution is -2.45. The number of thioether (sulfide) groups is 1. The SMILES string of the molecule is CC1(NC2=NC3(CCOCC3)CS2)CCS(=O)(=O)C1. The highest BCUT2D eigenvalue weighted by Crippen LogP contribution is 2.36. The van der Waals surface area contributed by atoms with Crippen molar-refractivity contribution in [1.82, 2.24) is 5.32 Å². The Bertz CT molecular complexity index is 497. The Labute approximate surface area is 118 Å². The molecule has 1 spiro atoms. The van der Waals surface area contributed by atoms with Crippen molar-refractivity contribution in [2.75, 3.05) is 30.5 Å². The van der Waals surface area contributed by atoms with Gasteiger partial charge in [-0.05, 0) is 26.2 Å². The first kappa shape index (κ1) is 13.7. The van der Waals surface area contributed by atoms with Crippen LogP contribution in [0.5, 0.6) is 0 Å². The van der Waals surface area contributed by atoms with Crippen molar-refractivity contribution in [2.45, 2.75) is 37.3 Å². The van der Waals surface area contributed by atoms with Crippen LogP contribution in [0.1, 0.15) is 26.2 Å². The van der Waals surface area contributed by atoms with Crippen molar-refractivity contribution in [1.29, 1.82) is 0 Å². The van der Waals surface area contributed by atoms with Crippen LogP contribution in [-0.4, -0.2) is 55.1 Å². The lowest BCUT2D eigenvalue weighted by molar-refractivity contribution is 0.0623. The van der Waals surface area contributed by atoms with E-state index >= 15 is 0 Å².